The van der Waals surface area contributed by atoms with Crippen LogP contribution in [0, 0.1) is 5.92 Å². The van der Waals surface area contributed by atoms with E-state index in [1.807, 2.05) is 25.1 Å². The van der Waals surface area contributed by atoms with Crippen LogP contribution in [0.5, 0.6) is 0 Å². The van der Waals surface area contributed by atoms with Crippen LogP contribution in [0.25, 0.3) is 0 Å². The summed E-state index contributed by atoms with van der Waals surface area (Å²) in [5, 5.41) is 6.01. The number of rotatable bonds is 11. The summed E-state index contributed by atoms with van der Waals surface area (Å²) < 4.78 is 5.34. The van der Waals surface area contributed by atoms with Gasteiger partial charge in [0.2, 0.25) is 5.91 Å². The summed E-state index contributed by atoms with van der Waals surface area (Å²) >= 11 is 0. The largest absolute Gasteiger partial charge is 0.382 e. The molecule has 3 rings (SSSR count). The molecule has 1 aromatic rings. The van der Waals surface area contributed by atoms with Crippen LogP contribution >= 0.6 is 0 Å². The number of carbonyl (C=O) groups excluding carboxylic acids is 2. The molecule has 1 aliphatic heterocycles. The Morgan fingerprint density at radius 1 is 1.13 bits per heavy atom. The highest BCUT2D eigenvalue weighted by Gasteiger charge is 2.21. The minimum Gasteiger partial charge on any atom is -0.382 e. The number of anilines is 2. The van der Waals surface area contributed by atoms with E-state index in [2.05, 4.69) is 15.5 Å². The Kier molecular flexibility index (Phi) is 9.00. The van der Waals surface area contributed by atoms with Crippen molar-refractivity contribution in [2.24, 2.45) is 5.92 Å². The zero-order valence-electron chi connectivity index (χ0n) is 18.4. The van der Waals surface area contributed by atoms with Crippen molar-refractivity contribution in [2.75, 3.05) is 43.1 Å². The number of nitrogens with one attached hydrogen (secondary N) is 2. The van der Waals surface area contributed by atoms with E-state index in [-0.39, 0.29) is 11.8 Å². The quantitative estimate of drug-likeness (QED) is 0.527. The molecule has 2 aliphatic rings. The summed E-state index contributed by atoms with van der Waals surface area (Å²) in [6.45, 7) is 5.82. The van der Waals surface area contributed by atoms with E-state index in [4.69, 9.17) is 4.74 Å². The van der Waals surface area contributed by atoms with E-state index in [9.17, 15) is 9.59 Å². The van der Waals surface area contributed by atoms with Crippen molar-refractivity contribution in [3.05, 3.63) is 23.8 Å². The standard InChI is InChI=1S/C24H37N3O3/c1-2-30-17-7-14-25-24(29)21-18-20(11-12-22(21)27-15-5-6-16-27)26-23(28)13-10-19-8-3-4-9-19/h11-12,18-19H,2-10,13-17H2,1H3,(H,25,29)(H,26,28). The van der Waals surface area contributed by atoms with Crippen LogP contribution in [0.2, 0.25) is 0 Å². The molecule has 1 heterocycles. The SMILES string of the molecule is CCOCCCNC(=O)c1cc(NC(=O)CCC2CCCC2)ccc1N1CCCC1. The van der Waals surface area contributed by atoms with Crippen molar-refractivity contribution in [2.45, 2.75) is 64.7 Å². The summed E-state index contributed by atoms with van der Waals surface area (Å²) in [6, 6.07) is 5.74. The lowest BCUT2D eigenvalue weighted by Crippen LogP contribution is -2.29. The van der Waals surface area contributed by atoms with Crippen molar-refractivity contribution in [1.82, 2.24) is 5.32 Å². The van der Waals surface area contributed by atoms with Crippen molar-refractivity contribution in [3.8, 4) is 0 Å². The molecule has 1 saturated carbocycles. The smallest absolute Gasteiger partial charge is 0.253 e. The van der Waals surface area contributed by atoms with Gasteiger partial charge in [0, 0.05) is 50.6 Å². The van der Waals surface area contributed by atoms with Gasteiger partial charge >= 0.3 is 0 Å². The third-order valence-electron chi connectivity index (χ3n) is 6.18. The number of carbonyl (C=O) groups is 2. The molecule has 6 heteroatoms. The maximum absolute atomic E-state index is 12.9. The van der Waals surface area contributed by atoms with Crippen molar-refractivity contribution in [3.63, 3.8) is 0 Å². The molecule has 2 N–H and O–H groups in total. The van der Waals surface area contributed by atoms with Gasteiger partial charge in [-0.2, -0.15) is 0 Å². The van der Waals surface area contributed by atoms with Gasteiger partial charge < -0.3 is 20.3 Å². The topological polar surface area (TPSA) is 70.7 Å². The molecule has 1 aliphatic carbocycles. The summed E-state index contributed by atoms with van der Waals surface area (Å²) in [7, 11) is 0. The summed E-state index contributed by atoms with van der Waals surface area (Å²) in [5.41, 5.74) is 2.30. The van der Waals surface area contributed by atoms with E-state index in [0.717, 1.165) is 44.5 Å². The minimum absolute atomic E-state index is 0.0406. The maximum Gasteiger partial charge on any atom is 0.253 e. The predicted molar refractivity (Wildman–Crippen MR) is 121 cm³/mol. The number of benzene rings is 1. The summed E-state index contributed by atoms with van der Waals surface area (Å²) in [4.78, 5) is 27.6. The number of hydrogen-bond donors (Lipinski definition) is 2. The summed E-state index contributed by atoms with van der Waals surface area (Å²) in [6.07, 6.45) is 9.71. The first-order valence-corrected chi connectivity index (χ1v) is 11.7. The molecule has 1 saturated heterocycles. The molecular weight excluding hydrogens is 378 g/mol. The first-order chi connectivity index (χ1) is 14.7. The first-order valence-electron chi connectivity index (χ1n) is 11.7. The van der Waals surface area contributed by atoms with Crippen LogP contribution in [0.4, 0.5) is 11.4 Å². The summed E-state index contributed by atoms with van der Waals surface area (Å²) in [5.74, 6) is 0.653. The zero-order chi connectivity index (χ0) is 21.2. The second-order valence-corrected chi connectivity index (χ2v) is 8.47. The maximum atomic E-state index is 12.9. The Balaban J connectivity index is 1.61. The van der Waals surface area contributed by atoms with Crippen LogP contribution in [-0.4, -0.2) is 44.7 Å². The van der Waals surface area contributed by atoms with Gasteiger partial charge in [0.25, 0.3) is 5.91 Å². The second kappa shape index (κ2) is 11.9. The minimum atomic E-state index is -0.0875. The van der Waals surface area contributed by atoms with Crippen LogP contribution in [-0.2, 0) is 9.53 Å². The molecule has 2 amide bonds. The second-order valence-electron chi connectivity index (χ2n) is 8.47. The normalized spacial score (nSPS) is 16.8. The van der Waals surface area contributed by atoms with Crippen molar-refractivity contribution in [1.29, 1.82) is 0 Å². The molecule has 30 heavy (non-hydrogen) atoms. The number of ether oxygens (including phenoxy) is 1. The van der Waals surface area contributed by atoms with E-state index in [1.165, 1.54) is 25.7 Å². The van der Waals surface area contributed by atoms with Crippen LogP contribution < -0.4 is 15.5 Å². The molecule has 0 unspecified atom stereocenters. The highest BCUT2D eigenvalue weighted by molar-refractivity contribution is 6.02. The van der Waals surface area contributed by atoms with Crippen LogP contribution in [0.1, 0.15) is 75.1 Å². The van der Waals surface area contributed by atoms with Gasteiger partial charge in [-0.3, -0.25) is 9.59 Å². The van der Waals surface area contributed by atoms with E-state index >= 15 is 0 Å². The number of nitrogens with zero attached hydrogens (tertiary/aromatic N) is 1. The van der Waals surface area contributed by atoms with Crippen LogP contribution in [0.15, 0.2) is 18.2 Å². The average molecular weight is 416 g/mol. The third kappa shape index (κ3) is 6.73. The van der Waals surface area contributed by atoms with E-state index < -0.39 is 0 Å². The molecular formula is C24H37N3O3. The Morgan fingerprint density at radius 2 is 1.90 bits per heavy atom. The highest BCUT2D eigenvalue weighted by Crippen LogP contribution is 2.30. The number of hydrogen-bond acceptors (Lipinski definition) is 4. The van der Waals surface area contributed by atoms with Gasteiger partial charge in [-0.05, 0) is 56.7 Å². The van der Waals surface area contributed by atoms with Crippen molar-refractivity contribution < 1.29 is 14.3 Å². The van der Waals surface area contributed by atoms with Gasteiger partial charge in [-0.1, -0.05) is 25.7 Å². The molecule has 0 spiro atoms. The van der Waals surface area contributed by atoms with E-state index in [1.54, 1.807) is 0 Å². The highest BCUT2D eigenvalue weighted by atomic mass is 16.5. The van der Waals surface area contributed by atoms with Gasteiger partial charge in [0.15, 0.2) is 0 Å². The lowest BCUT2D eigenvalue weighted by molar-refractivity contribution is -0.116. The Bertz CT molecular complexity index is 695. The first kappa shape index (κ1) is 22.6. The van der Waals surface area contributed by atoms with Gasteiger partial charge in [-0.25, -0.2) is 0 Å². The zero-order valence-corrected chi connectivity index (χ0v) is 18.4. The van der Waals surface area contributed by atoms with Gasteiger partial charge in [-0.15, -0.1) is 0 Å². The lowest BCUT2D eigenvalue weighted by atomic mass is 10.0. The lowest BCUT2D eigenvalue weighted by Gasteiger charge is -2.22. The molecule has 166 valence electrons. The molecule has 2 fully saturated rings. The molecule has 1 aromatic carbocycles. The fraction of sp³-hybridized carbons (Fsp3) is 0.667. The van der Waals surface area contributed by atoms with Crippen molar-refractivity contribution >= 4 is 23.2 Å². The van der Waals surface area contributed by atoms with Crippen LogP contribution in [0.3, 0.4) is 0 Å². The fourth-order valence-corrected chi connectivity index (χ4v) is 4.50. The fourth-order valence-electron chi connectivity index (χ4n) is 4.50. The molecule has 0 aromatic heterocycles. The van der Waals surface area contributed by atoms with Gasteiger partial charge in [0.05, 0.1) is 5.56 Å². The average Bonchev–Trinajstić information content (AvgIpc) is 3.46. The number of amides is 2. The molecule has 6 nitrogen and oxygen atoms in total. The predicted octanol–water partition coefficient (Wildman–Crippen LogP) is 4.35. The Labute approximate surface area is 180 Å². The Morgan fingerprint density at radius 3 is 2.63 bits per heavy atom. The molecule has 0 radical (unpaired) electrons. The monoisotopic (exact) mass is 415 g/mol. The third-order valence-corrected chi connectivity index (χ3v) is 6.18. The molecule has 0 atom stereocenters. The van der Waals surface area contributed by atoms with Gasteiger partial charge in [0.1, 0.15) is 0 Å². The Hall–Kier alpha value is -2.08. The molecule has 0 bridgehead atoms. The van der Waals surface area contributed by atoms with E-state index in [0.29, 0.717) is 43.3 Å².